The number of aromatic nitrogens is 2. The van der Waals surface area contributed by atoms with Crippen LogP contribution in [-0.2, 0) is 9.53 Å². The lowest BCUT2D eigenvalue weighted by Crippen LogP contribution is -2.11. The van der Waals surface area contributed by atoms with Crippen LogP contribution in [0.15, 0.2) is 42.9 Å². The molecule has 0 aliphatic rings. The largest absolute Gasteiger partial charge is 0.467 e. The maximum absolute atomic E-state index is 10.4. The van der Waals surface area contributed by atoms with Crippen molar-refractivity contribution < 1.29 is 9.53 Å². The smallest absolute Gasteiger partial charge is 0.293 e. The molecule has 0 spiro atoms. The first kappa shape index (κ1) is 12.2. The molecule has 4 nitrogen and oxygen atoms in total. The molecular formula is C14H14N2O2. The third kappa shape index (κ3) is 2.71. The molecule has 1 aromatic carbocycles. The van der Waals surface area contributed by atoms with Crippen LogP contribution in [-0.4, -0.2) is 23.0 Å². The van der Waals surface area contributed by atoms with Gasteiger partial charge in [-0.1, -0.05) is 30.3 Å². The molecule has 1 heterocycles. The number of hydrogen-bond acceptors (Lipinski definition) is 4. The van der Waals surface area contributed by atoms with Gasteiger partial charge in [0, 0.05) is 23.4 Å². The minimum atomic E-state index is -0.0300. The van der Waals surface area contributed by atoms with Crippen molar-refractivity contribution in [1.29, 1.82) is 0 Å². The lowest BCUT2D eigenvalue weighted by atomic mass is 9.92. The summed E-state index contributed by atoms with van der Waals surface area (Å²) in [6.07, 6.45) is 3.29. The maximum atomic E-state index is 10.4. The highest BCUT2D eigenvalue weighted by atomic mass is 16.5. The monoisotopic (exact) mass is 242 g/mol. The quantitative estimate of drug-likeness (QED) is 0.753. The maximum Gasteiger partial charge on any atom is 0.293 e. The Labute approximate surface area is 106 Å². The van der Waals surface area contributed by atoms with Crippen LogP contribution in [0.1, 0.15) is 22.7 Å². The first-order valence-electron chi connectivity index (χ1n) is 5.69. The predicted molar refractivity (Wildman–Crippen MR) is 67.1 cm³/mol. The summed E-state index contributed by atoms with van der Waals surface area (Å²) in [6, 6.07) is 9.89. The van der Waals surface area contributed by atoms with Crippen molar-refractivity contribution in [3.05, 3.63) is 59.7 Å². The lowest BCUT2D eigenvalue weighted by Gasteiger charge is -2.17. The van der Waals surface area contributed by atoms with E-state index < -0.39 is 0 Å². The van der Waals surface area contributed by atoms with E-state index in [1.165, 1.54) is 6.33 Å². The van der Waals surface area contributed by atoms with Crippen molar-refractivity contribution in [3.63, 3.8) is 0 Å². The molecule has 0 aliphatic carbocycles. The predicted octanol–water partition coefficient (Wildman–Crippen LogP) is 2.09. The van der Waals surface area contributed by atoms with Crippen molar-refractivity contribution in [2.75, 3.05) is 6.61 Å². The zero-order valence-electron chi connectivity index (χ0n) is 10.1. The molecule has 1 aromatic heterocycles. The summed E-state index contributed by atoms with van der Waals surface area (Å²) in [4.78, 5) is 18.6. The van der Waals surface area contributed by atoms with Gasteiger partial charge in [0.2, 0.25) is 0 Å². The molecule has 0 radical (unpaired) electrons. The highest BCUT2D eigenvalue weighted by Crippen LogP contribution is 2.25. The molecule has 0 N–H and O–H groups in total. The summed E-state index contributed by atoms with van der Waals surface area (Å²) < 4.78 is 4.92. The Balaban J connectivity index is 2.37. The summed E-state index contributed by atoms with van der Waals surface area (Å²) in [5.74, 6) is -0.0300. The Morgan fingerprint density at radius 2 is 2.11 bits per heavy atom. The van der Waals surface area contributed by atoms with E-state index >= 15 is 0 Å². The van der Waals surface area contributed by atoms with E-state index in [9.17, 15) is 4.79 Å². The van der Waals surface area contributed by atoms with E-state index in [0.717, 1.165) is 16.8 Å². The highest BCUT2D eigenvalue weighted by molar-refractivity contribution is 5.39. The molecule has 0 saturated heterocycles. The zero-order chi connectivity index (χ0) is 12.8. The van der Waals surface area contributed by atoms with E-state index in [1.807, 2.05) is 37.3 Å². The standard InChI is InChI=1S/C14H14N2O2/c1-11-13(7-15-9-16-11)14(8-18-10-17)12-5-3-2-4-6-12/h2-7,9-10,14H,8H2,1H3. The number of aryl methyl sites for hydroxylation is 1. The van der Waals surface area contributed by atoms with Gasteiger partial charge in [-0.15, -0.1) is 0 Å². The molecule has 4 heteroatoms. The van der Waals surface area contributed by atoms with Gasteiger partial charge in [0.25, 0.3) is 6.47 Å². The third-order valence-electron chi connectivity index (χ3n) is 2.86. The molecule has 0 saturated carbocycles. The first-order valence-corrected chi connectivity index (χ1v) is 5.69. The van der Waals surface area contributed by atoms with E-state index in [1.54, 1.807) is 6.20 Å². The van der Waals surface area contributed by atoms with Crippen molar-refractivity contribution >= 4 is 6.47 Å². The Kier molecular flexibility index (Phi) is 4.02. The molecule has 0 amide bonds. The van der Waals surface area contributed by atoms with E-state index in [2.05, 4.69) is 9.97 Å². The van der Waals surface area contributed by atoms with E-state index in [4.69, 9.17) is 4.74 Å². The number of hydrogen-bond donors (Lipinski definition) is 0. The first-order chi connectivity index (χ1) is 8.83. The minimum absolute atomic E-state index is 0.0300. The lowest BCUT2D eigenvalue weighted by molar-refractivity contribution is -0.128. The number of rotatable bonds is 5. The van der Waals surface area contributed by atoms with Crippen LogP contribution in [0.5, 0.6) is 0 Å². The fourth-order valence-corrected chi connectivity index (χ4v) is 1.93. The normalized spacial score (nSPS) is 11.8. The second-order valence-corrected chi connectivity index (χ2v) is 3.96. The van der Waals surface area contributed by atoms with Gasteiger partial charge in [0.15, 0.2) is 0 Å². The van der Waals surface area contributed by atoms with Gasteiger partial charge in [-0.2, -0.15) is 0 Å². The van der Waals surface area contributed by atoms with E-state index in [0.29, 0.717) is 13.1 Å². The molecule has 0 aliphatic heterocycles. The molecule has 1 atom stereocenters. The molecule has 2 aromatic rings. The Hall–Kier alpha value is -2.23. The molecule has 1 unspecified atom stereocenters. The van der Waals surface area contributed by atoms with Crippen LogP contribution in [0.3, 0.4) is 0 Å². The Morgan fingerprint density at radius 3 is 2.78 bits per heavy atom. The van der Waals surface area contributed by atoms with Crippen LogP contribution in [0.2, 0.25) is 0 Å². The van der Waals surface area contributed by atoms with Crippen LogP contribution in [0.4, 0.5) is 0 Å². The number of nitrogens with zero attached hydrogens (tertiary/aromatic N) is 2. The molecule has 0 bridgehead atoms. The molecule has 0 fully saturated rings. The summed E-state index contributed by atoms with van der Waals surface area (Å²) in [7, 11) is 0. The van der Waals surface area contributed by atoms with Crippen LogP contribution in [0, 0.1) is 6.92 Å². The third-order valence-corrected chi connectivity index (χ3v) is 2.86. The average molecular weight is 242 g/mol. The summed E-state index contributed by atoms with van der Waals surface area (Å²) in [6.45, 7) is 2.69. The second kappa shape index (κ2) is 5.91. The number of benzene rings is 1. The fourth-order valence-electron chi connectivity index (χ4n) is 1.93. The zero-order valence-corrected chi connectivity index (χ0v) is 10.1. The average Bonchev–Trinajstić information content (AvgIpc) is 2.42. The van der Waals surface area contributed by atoms with Crippen LogP contribution >= 0.6 is 0 Å². The number of carbonyl (C=O) groups is 1. The molecular weight excluding hydrogens is 228 g/mol. The van der Waals surface area contributed by atoms with Gasteiger partial charge < -0.3 is 4.74 Å². The summed E-state index contributed by atoms with van der Waals surface area (Å²) in [5.41, 5.74) is 2.95. The van der Waals surface area contributed by atoms with Gasteiger partial charge in [-0.05, 0) is 12.5 Å². The van der Waals surface area contributed by atoms with Gasteiger partial charge >= 0.3 is 0 Å². The molecule has 92 valence electrons. The molecule has 18 heavy (non-hydrogen) atoms. The topological polar surface area (TPSA) is 52.1 Å². The minimum Gasteiger partial charge on any atom is -0.467 e. The van der Waals surface area contributed by atoms with Gasteiger partial charge in [0.1, 0.15) is 12.9 Å². The summed E-state index contributed by atoms with van der Waals surface area (Å²) in [5, 5.41) is 0. The van der Waals surface area contributed by atoms with Crippen LogP contribution < -0.4 is 0 Å². The SMILES string of the molecule is Cc1ncncc1C(COC=O)c1ccccc1. The van der Waals surface area contributed by atoms with Crippen molar-refractivity contribution in [3.8, 4) is 0 Å². The van der Waals surface area contributed by atoms with Gasteiger partial charge in [-0.25, -0.2) is 9.97 Å². The number of ether oxygens (including phenoxy) is 1. The van der Waals surface area contributed by atoms with Gasteiger partial charge in [-0.3, -0.25) is 4.79 Å². The summed E-state index contributed by atoms with van der Waals surface area (Å²) >= 11 is 0. The van der Waals surface area contributed by atoms with Gasteiger partial charge in [0.05, 0.1) is 0 Å². The molecule has 2 rings (SSSR count). The Morgan fingerprint density at radius 1 is 1.33 bits per heavy atom. The highest BCUT2D eigenvalue weighted by Gasteiger charge is 2.17. The van der Waals surface area contributed by atoms with Crippen molar-refractivity contribution in [2.45, 2.75) is 12.8 Å². The van der Waals surface area contributed by atoms with Crippen molar-refractivity contribution in [2.24, 2.45) is 0 Å². The number of carbonyl (C=O) groups excluding carboxylic acids is 1. The fraction of sp³-hybridized carbons (Fsp3) is 0.214. The van der Waals surface area contributed by atoms with Crippen molar-refractivity contribution in [1.82, 2.24) is 9.97 Å². The second-order valence-electron chi connectivity index (χ2n) is 3.96. The van der Waals surface area contributed by atoms with E-state index in [-0.39, 0.29) is 5.92 Å². The Bertz CT molecular complexity index is 514. The van der Waals surface area contributed by atoms with Crippen LogP contribution in [0.25, 0.3) is 0 Å².